The summed E-state index contributed by atoms with van der Waals surface area (Å²) in [6.07, 6.45) is 3.41. The first-order valence-electron chi connectivity index (χ1n) is 10.7. The van der Waals surface area contributed by atoms with Gasteiger partial charge in [0.15, 0.2) is 0 Å². The van der Waals surface area contributed by atoms with Crippen molar-refractivity contribution in [2.75, 3.05) is 13.1 Å². The average molecular weight is 456 g/mol. The van der Waals surface area contributed by atoms with Crippen LogP contribution in [0.2, 0.25) is 0 Å². The first-order chi connectivity index (χ1) is 15.4. The maximum Gasteiger partial charge on any atom is 0.326 e. The van der Waals surface area contributed by atoms with Gasteiger partial charge in [-0.1, -0.05) is 25.1 Å². The predicted molar refractivity (Wildman–Crippen MR) is 124 cm³/mol. The number of H-pyrrole nitrogens is 1. The number of nitrogens with one attached hydrogen (secondary N) is 2. The number of likely N-dealkylation sites (tertiary alicyclic amines) is 1. The Hall–Kier alpha value is -3.00. The maximum absolute atomic E-state index is 13.1. The predicted octanol–water partition coefficient (Wildman–Crippen LogP) is 4.83. The van der Waals surface area contributed by atoms with Gasteiger partial charge >= 0.3 is 12.0 Å². The maximum atomic E-state index is 13.1. The van der Waals surface area contributed by atoms with E-state index in [-0.39, 0.29) is 11.8 Å². The van der Waals surface area contributed by atoms with E-state index in [4.69, 9.17) is 0 Å². The van der Waals surface area contributed by atoms with E-state index in [1.54, 1.807) is 28.8 Å². The lowest BCUT2D eigenvalue weighted by atomic mass is 9.93. The summed E-state index contributed by atoms with van der Waals surface area (Å²) in [4.78, 5) is 30.7. The highest BCUT2D eigenvalue weighted by atomic mass is 32.2. The van der Waals surface area contributed by atoms with Crippen molar-refractivity contribution in [1.82, 2.24) is 15.2 Å². The van der Waals surface area contributed by atoms with Crippen molar-refractivity contribution in [1.29, 1.82) is 0 Å². The van der Waals surface area contributed by atoms with Crippen molar-refractivity contribution in [2.45, 2.75) is 41.9 Å². The van der Waals surface area contributed by atoms with Crippen LogP contribution in [0.15, 0.2) is 59.6 Å². The molecule has 1 saturated heterocycles. The molecule has 4 rings (SSSR count). The van der Waals surface area contributed by atoms with Gasteiger partial charge in [0, 0.05) is 46.3 Å². The number of benzene rings is 2. The number of fused-ring (bicyclic) bond motifs is 1. The molecule has 0 spiro atoms. The van der Waals surface area contributed by atoms with E-state index in [0.29, 0.717) is 18.3 Å². The summed E-state index contributed by atoms with van der Waals surface area (Å²) in [6.45, 7) is 2.93. The van der Waals surface area contributed by atoms with Crippen LogP contribution in [0, 0.1) is 5.82 Å². The minimum absolute atomic E-state index is 0.254. The Morgan fingerprint density at radius 2 is 1.84 bits per heavy atom. The van der Waals surface area contributed by atoms with Gasteiger partial charge in [0.2, 0.25) is 0 Å². The number of hydrogen-bond acceptors (Lipinski definition) is 3. The van der Waals surface area contributed by atoms with Gasteiger partial charge < -0.3 is 20.3 Å². The third-order valence-corrected chi connectivity index (χ3v) is 7.35. The number of thioether (sulfide) groups is 1. The Morgan fingerprint density at radius 1 is 1.16 bits per heavy atom. The number of hydrogen-bond donors (Lipinski definition) is 3. The van der Waals surface area contributed by atoms with Gasteiger partial charge in [0.1, 0.15) is 11.9 Å². The number of para-hydroxylation sites is 1. The quantitative estimate of drug-likeness (QED) is 0.497. The monoisotopic (exact) mass is 455 g/mol. The molecule has 2 aromatic carbocycles. The molecule has 1 aromatic heterocycles. The second-order valence-corrected chi connectivity index (χ2v) is 9.48. The van der Waals surface area contributed by atoms with Gasteiger partial charge in [-0.05, 0) is 48.7 Å². The largest absolute Gasteiger partial charge is 0.480 e. The third kappa shape index (κ3) is 4.91. The van der Waals surface area contributed by atoms with Crippen LogP contribution >= 0.6 is 11.8 Å². The SMILES string of the molecule is C[C@@H](c1c[nH]c2ccccc12)[C@@H](NC(=O)N1CCC(Sc2ccc(F)cc2)CC1)C(=O)O. The Morgan fingerprint density at radius 3 is 2.53 bits per heavy atom. The standard InChI is InChI=1S/C24H26FN3O3S/c1-15(20-14-26-21-5-3-2-4-19(20)21)22(23(29)30)27-24(31)28-12-10-18(11-13-28)32-17-8-6-16(25)7-9-17/h2-9,14-15,18,22,26H,10-13H2,1H3,(H,27,31)(H,29,30)/t15-,22+/m0/s1. The summed E-state index contributed by atoms with van der Waals surface area (Å²) in [7, 11) is 0. The van der Waals surface area contributed by atoms with E-state index < -0.39 is 17.9 Å². The highest BCUT2D eigenvalue weighted by molar-refractivity contribution is 8.00. The van der Waals surface area contributed by atoms with Crippen LogP contribution in [-0.2, 0) is 4.79 Å². The van der Waals surface area contributed by atoms with E-state index in [1.165, 1.54) is 12.1 Å². The number of nitrogens with zero attached hydrogens (tertiary/aromatic N) is 1. The fourth-order valence-electron chi connectivity index (χ4n) is 4.16. The molecule has 2 amide bonds. The van der Waals surface area contributed by atoms with Gasteiger partial charge in [0.25, 0.3) is 0 Å². The van der Waals surface area contributed by atoms with Crippen LogP contribution in [-0.4, -0.2) is 51.4 Å². The number of piperidine rings is 1. The highest BCUT2D eigenvalue weighted by Gasteiger charge is 2.32. The smallest absolute Gasteiger partial charge is 0.326 e. The van der Waals surface area contributed by atoms with Crippen LogP contribution in [0.4, 0.5) is 9.18 Å². The van der Waals surface area contributed by atoms with E-state index in [2.05, 4.69) is 10.3 Å². The van der Waals surface area contributed by atoms with Crippen LogP contribution in [0.3, 0.4) is 0 Å². The normalized spacial score (nSPS) is 16.6. The summed E-state index contributed by atoms with van der Waals surface area (Å²) in [5.41, 5.74) is 1.80. The number of carboxylic acid groups (broad SMARTS) is 1. The van der Waals surface area contributed by atoms with Gasteiger partial charge in [-0.3, -0.25) is 0 Å². The van der Waals surface area contributed by atoms with Crippen molar-refractivity contribution < 1.29 is 19.1 Å². The lowest BCUT2D eigenvalue weighted by Gasteiger charge is -2.33. The molecule has 2 atom stereocenters. The van der Waals surface area contributed by atoms with Gasteiger partial charge in [-0.25, -0.2) is 14.0 Å². The number of carbonyl (C=O) groups excluding carboxylic acids is 1. The highest BCUT2D eigenvalue weighted by Crippen LogP contribution is 2.31. The lowest BCUT2D eigenvalue weighted by molar-refractivity contribution is -0.139. The number of carbonyl (C=O) groups is 2. The number of amides is 2. The molecule has 1 aliphatic rings. The second-order valence-electron chi connectivity index (χ2n) is 8.10. The molecule has 0 radical (unpaired) electrons. The molecule has 3 aromatic rings. The Labute approximate surface area is 190 Å². The van der Waals surface area contributed by atoms with E-state index in [1.807, 2.05) is 37.4 Å². The van der Waals surface area contributed by atoms with Crippen molar-refractivity contribution in [3.05, 3.63) is 66.1 Å². The van der Waals surface area contributed by atoms with Crippen molar-refractivity contribution in [3.8, 4) is 0 Å². The Kier molecular flexibility index (Phi) is 6.69. The van der Waals surface area contributed by atoms with Crippen molar-refractivity contribution in [2.24, 2.45) is 0 Å². The molecule has 1 aliphatic heterocycles. The number of carboxylic acids is 1. The summed E-state index contributed by atoms with van der Waals surface area (Å²) in [5, 5.41) is 13.8. The molecule has 6 nitrogen and oxygen atoms in total. The Bertz CT molecular complexity index is 1090. The van der Waals surface area contributed by atoms with E-state index in [9.17, 15) is 19.1 Å². The van der Waals surface area contributed by atoms with Gasteiger partial charge in [0.05, 0.1) is 0 Å². The molecular weight excluding hydrogens is 429 g/mol. The average Bonchev–Trinajstić information content (AvgIpc) is 3.23. The number of aromatic amines is 1. The molecule has 168 valence electrons. The summed E-state index contributed by atoms with van der Waals surface area (Å²) >= 11 is 1.69. The van der Waals surface area contributed by atoms with Crippen LogP contribution in [0.1, 0.15) is 31.2 Å². The summed E-state index contributed by atoms with van der Waals surface area (Å²) < 4.78 is 13.1. The molecular formula is C24H26FN3O3S. The minimum atomic E-state index is -1.06. The zero-order valence-electron chi connectivity index (χ0n) is 17.8. The minimum Gasteiger partial charge on any atom is -0.480 e. The molecule has 32 heavy (non-hydrogen) atoms. The second kappa shape index (κ2) is 9.65. The van der Waals surface area contributed by atoms with Crippen LogP contribution in [0.5, 0.6) is 0 Å². The number of urea groups is 1. The van der Waals surface area contributed by atoms with E-state index in [0.717, 1.165) is 34.2 Å². The number of halogens is 1. The van der Waals surface area contributed by atoms with Crippen molar-refractivity contribution >= 4 is 34.7 Å². The molecule has 1 fully saturated rings. The number of aromatic nitrogens is 1. The third-order valence-electron chi connectivity index (χ3n) is 6.00. The fraction of sp³-hybridized carbons (Fsp3) is 0.333. The van der Waals surface area contributed by atoms with Crippen LogP contribution < -0.4 is 5.32 Å². The number of aliphatic carboxylic acids is 1. The first kappa shape index (κ1) is 22.2. The first-order valence-corrected chi connectivity index (χ1v) is 11.6. The van der Waals surface area contributed by atoms with Gasteiger partial charge in [-0.15, -0.1) is 11.8 Å². The van der Waals surface area contributed by atoms with Gasteiger partial charge in [-0.2, -0.15) is 0 Å². The molecule has 2 heterocycles. The fourth-order valence-corrected chi connectivity index (χ4v) is 5.28. The zero-order chi connectivity index (χ0) is 22.7. The molecule has 8 heteroatoms. The molecule has 0 aliphatic carbocycles. The van der Waals surface area contributed by atoms with Crippen LogP contribution in [0.25, 0.3) is 10.9 Å². The molecule has 0 bridgehead atoms. The number of rotatable bonds is 6. The molecule has 3 N–H and O–H groups in total. The lowest BCUT2D eigenvalue weighted by Crippen LogP contribution is -2.52. The summed E-state index contributed by atoms with van der Waals surface area (Å²) in [6, 6.07) is 12.8. The zero-order valence-corrected chi connectivity index (χ0v) is 18.6. The summed E-state index contributed by atoms with van der Waals surface area (Å²) in [5.74, 6) is -1.72. The molecule has 0 saturated carbocycles. The Balaban J connectivity index is 1.36. The van der Waals surface area contributed by atoms with E-state index >= 15 is 0 Å². The molecule has 0 unspecified atom stereocenters. The van der Waals surface area contributed by atoms with Crippen molar-refractivity contribution in [3.63, 3.8) is 0 Å². The topological polar surface area (TPSA) is 85.4 Å².